The molecule has 3 N–H and O–H groups in total. The Morgan fingerprint density at radius 3 is 2.95 bits per heavy atom. The Hall–Kier alpha value is -2.04. The van der Waals surface area contributed by atoms with Crippen LogP contribution >= 0.6 is 0 Å². The van der Waals surface area contributed by atoms with Crippen molar-refractivity contribution >= 4 is 17.5 Å². The van der Waals surface area contributed by atoms with Gasteiger partial charge in [0.05, 0.1) is 0 Å². The van der Waals surface area contributed by atoms with Crippen molar-refractivity contribution in [1.29, 1.82) is 0 Å². The van der Waals surface area contributed by atoms with E-state index >= 15 is 0 Å². The van der Waals surface area contributed by atoms with Crippen molar-refractivity contribution in [3.8, 4) is 0 Å². The number of amides is 2. The van der Waals surface area contributed by atoms with Crippen LogP contribution in [0.3, 0.4) is 0 Å². The number of fused-ring (bicyclic) bond motifs is 1. The second kappa shape index (κ2) is 5.15. The maximum Gasteiger partial charge on any atom is 0.254 e. The number of nitrogens with zero attached hydrogens (tertiary/aromatic N) is 1. The van der Waals surface area contributed by atoms with Crippen LogP contribution in [-0.2, 0) is 11.2 Å². The molecule has 5 heteroatoms. The first-order valence-electron chi connectivity index (χ1n) is 7.14. The maximum atomic E-state index is 12.6. The van der Waals surface area contributed by atoms with Crippen LogP contribution in [0.25, 0.3) is 0 Å². The van der Waals surface area contributed by atoms with E-state index < -0.39 is 11.9 Å². The molecule has 0 aromatic heterocycles. The highest BCUT2D eigenvalue weighted by atomic mass is 16.2. The minimum atomic E-state index is -0.456. The van der Waals surface area contributed by atoms with Crippen molar-refractivity contribution < 1.29 is 9.59 Å². The van der Waals surface area contributed by atoms with Gasteiger partial charge in [0, 0.05) is 24.3 Å². The van der Waals surface area contributed by atoms with Crippen molar-refractivity contribution in [2.24, 2.45) is 5.73 Å². The molecule has 2 aliphatic rings. The summed E-state index contributed by atoms with van der Waals surface area (Å²) in [7, 11) is 0. The van der Waals surface area contributed by atoms with Gasteiger partial charge in [-0.15, -0.1) is 0 Å². The fourth-order valence-electron chi connectivity index (χ4n) is 3.07. The minimum Gasteiger partial charge on any atom is -0.384 e. The van der Waals surface area contributed by atoms with Gasteiger partial charge in [-0.1, -0.05) is 0 Å². The van der Waals surface area contributed by atoms with Crippen LogP contribution in [0.5, 0.6) is 0 Å². The van der Waals surface area contributed by atoms with E-state index in [1.165, 1.54) is 5.56 Å². The molecule has 0 aliphatic carbocycles. The van der Waals surface area contributed by atoms with E-state index in [-0.39, 0.29) is 5.91 Å². The lowest BCUT2D eigenvalue weighted by Gasteiger charge is -2.33. The number of piperidine rings is 1. The van der Waals surface area contributed by atoms with E-state index in [1.54, 1.807) is 4.90 Å². The molecule has 1 unspecified atom stereocenters. The van der Waals surface area contributed by atoms with Gasteiger partial charge in [0.1, 0.15) is 6.04 Å². The zero-order valence-corrected chi connectivity index (χ0v) is 11.4. The number of primary amides is 1. The fraction of sp³-hybridized carbons (Fsp3) is 0.467. The van der Waals surface area contributed by atoms with Crippen LogP contribution in [0.2, 0.25) is 0 Å². The Morgan fingerprint density at radius 1 is 1.30 bits per heavy atom. The van der Waals surface area contributed by atoms with Gasteiger partial charge in [0.25, 0.3) is 5.91 Å². The Kier molecular flexibility index (Phi) is 3.34. The lowest BCUT2D eigenvalue weighted by Crippen LogP contribution is -2.50. The lowest BCUT2D eigenvalue weighted by molar-refractivity contribution is -0.123. The molecule has 2 heterocycles. The number of anilines is 1. The number of nitrogens with one attached hydrogen (secondary N) is 1. The summed E-state index contributed by atoms with van der Waals surface area (Å²) in [4.78, 5) is 25.8. The molecule has 1 atom stereocenters. The van der Waals surface area contributed by atoms with E-state index in [2.05, 4.69) is 5.32 Å². The van der Waals surface area contributed by atoms with Crippen LogP contribution < -0.4 is 11.1 Å². The first kappa shape index (κ1) is 13.0. The van der Waals surface area contributed by atoms with E-state index in [9.17, 15) is 9.59 Å². The Bertz CT molecular complexity index is 556. The van der Waals surface area contributed by atoms with Crippen LogP contribution in [0.4, 0.5) is 5.69 Å². The number of hydrogen-bond donors (Lipinski definition) is 2. The van der Waals surface area contributed by atoms with Gasteiger partial charge in [-0.2, -0.15) is 0 Å². The van der Waals surface area contributed by atoms with E-state index in [0.717, 1.165) is 31.5 Å². The van der Waals surface area contributed by atoms with Crippen molar-refractivity contribution in [3.63, 3.8) is 0 Å². The molecule has 5 nitrogen and oxygen atoms in total. The molecule has 0 bridgehead atoms. The molecule has 0 radical (unpaired) electrons. The molecule has 2 amide bonds. The number of nitrogens with two attached hydrogens (primary N) is 1. The van der Waals surface area contributed by atoms with Crippen molar-refractivity contribution in [2.75, 3.05) is 18.4 Å². The third-order valence-corrected chi connectivity index (χ3v) is 4.15. The predicted molar refractivity (Wildman–Crippen MR) is 76.5 cm³/mol. The van der Waals surface area contributed by atoms with Gasteiger partial charge in [0.15, 0.2) is 0 Å². The maximum absolute atomic E-state index is 12.6. The van der Waals surface area contributed by atoms with Gasteiger partial charge in [0.2, 0.25) is 5.91 Å². The van der Waals surface area contributed by atoms with Gasteiger partial charge in [-0.3, -0.25) is 9.59 Å². The minimum absolute atomic E-state index is 0.0804. The SMILES string of the molecule is NC(=O)C1CCCCN1C(=O)c1ccc2c(c1)CCN2. The molecule has 3 rings (SSSR count). The van der Waals surface area contributed by atoms with Crippen LogP contribution in [0.15, 0.2) is 18.2 Å². The van der Waals surface area contributed by atoms with Crippen LogP contribution in [0, 0.1) is 0 Å². The van der Waals surface area contributed by atoms with Gasteiger partial charge in [-0.05, 0) is 49.4 Å². The molecule has 1 saturated heterocycles. The van der Waals surface area contributed by atoms with Crippen molar-refractivity contribution in [2.45, 2.75) is 31.7 Å². The van der Waals surface area contributed by atoms with Crippen molar-refractivity contribution in [3.05, 3.63) is 29.3 Å². The first-order valence-corrected chi connectivity index (χ1v) is 7.14. The number of benzene rings is 1. The summed E-state index contributed by atoms with van der Waals surface area (Å²) in [5.74, 6) is -0.482. The molecule has 1 aromatic rings. The Balaban J connectivity index is 1.85. The molecule has 0 spiro atoms. The van der Waals surface area contributed by atoms with Gasteiger partial charge >= 0.3 is 0 Å². The van der Waals surface area contributed by atoms with E-state index in [0.29, 0.717) is 18.5 Å². The molecule has 1 aromatic carbocycles. The average molecular weight is 273 g/mol. The largest absolute Gasteiger partial charge is 0.384 e. The second-order valence-electron chi connectivity index (χ2n) is 5.46. The number of hydrogen-bond acceptors (Lipinski definition) is 3. The normalized spacial score (nSPS) is 21.2. The molecule has 1 fully saturated rings. The highest BCUT2D eigenvalue weighted by molar-refractivity contribution is 5.98. The highest BCUT2D eigenvalue weighted by Crippen LogP contribution is 2.25. The Labute approximate surface area is 118 Å². The van der Waals surface area contributed by atoms with Gasteiger partial charge in [-0.25, -0.2) is 0 Å². The average Bonchev–Trinajstić information content (AvgIpc) is 2.93. The third kappa shape index (κ3) is 2.24. The lowest BCUT2D eigenvalue weighted by atomic mass is 9.99. The summed E-state index contributed by atoms with van der Waals surface area (Å²) in [6, 6.07) is 5.25. The standard InChI is InChI=1S/C15H19N3O2/c16-14(19)13-3-1-2-8-18(13)15(20)11-4-5-12-10(9-11)6-7-17-12/h4-5,9,13,17H,1-3,6-8H2,(H2,16,19). The first-order chi connectivity index (χ1) is 9.66. The topological polar surface area (TPSA) is 75.4 Å². The zero-order chi connectivity index (χ0) is 14.1. The molecule has 106 valence electrons. The quantitative estimate of drug-likeness (QED) is 0.848. The van der Waals surface area contributed by atoms with Crippen LogP contribution in [-0.4, -0.2) is 35.8 Å². The number of carbonyl (C=O) groups excluding carboxylic acids is 2. The van der Waals surface area contributed by atoms with Crippen LogP contribution in [0.1, 0.15) is 35.2 Å². The Morgan fingerprint density at radius 2 is 2.15 bits per heavy atom. The molecular weight excluding hydrogens is 254 g/mol. The molecule has 2 aliphatic heterocycles. The number of carbonyl (C=O) groups is 2. The molecule has 0 saturated carbocycles. The summed E-state index contributed by atoms with van der Waals surface area (Å²) in [5, 5.41) is 3.27. The predicted octanol–water partition coefficient (Wildman–Crippen LogP) is 1.13. The fourth-order valence-corrected chi connectivity index (χ4v) is 3.07. The summed E-state index contributed by atoms with van der Waals surface area (Å²) >= 11 is 0. The summed E-state index contributed by atoms with van der Waals surface area (Å²) in [6.07, 6.45) is 3.50. The van der Waals surface area contributed by atoms with Crippen molar-refractivity contribution in [1.82, 2.24) is 4.90 Å². The zero-order valence-electron chi connectivity index (χ0n) is 11.4. The highest BCUT2D eigenvalue weighted by Gasteiger charge is 2.31. The smallest absolute Gasteiger partial charge is 0.254 e. The van der Waals surface area contributed by atoms with E-state index in [4.69, 9.17) is 5.73 Å². The number of likely N-dealkylation sites (tertiary alicyclic amines) is 1. The summed E-state index contributed by atoms with van der Waals surface area (Å²) < 4.78 is 0. The van der Waals surface area contributed by atoms with E-state index in [1.807, 2.05) is 18.2 Å². The molecule has 20 heavy (non-hydrogen) atoms. The monoisotopic (exact) mass is 273 g/mol. The second-order valence-corrected chi connectivity index (χ2v) is 5.46. The van der Waals surface area contributed by atoms with Gasteiger partial charge < -0.3 is 16.0 Å². The summed E-state index contributed by atoms with van der Waals surface area (Å²) in [5.41, 5.74) is 8.35. The third-order valence-electron chi connectivity index (χ3n) is 4.15. The summed E-state index contributed by atoms with van der Waals surface area (Å²) in [6.45, 7) is 1.53. The molecular formula is C15H19N3O2. The number of rotatable bonds is 2.